The number of rotatable bonds is 9. The Morgan fingerprint density at radius 1 is 0.929 bits per heavy atom. The zero-order valence-corrected chi connectivity index (χ0v) is 19.5. The van der Waals surface area contributed by atoms with Gasteiger partial charge in [0.05, 0.1) is 0 Å². The molecule has 0 spiro atoms. The summed E-state index contributed by atoms with van der Waals surface area (Å²) in [7, 11) is 0. The van der Waals surface area contributed by atoms with Crippen LogP contribution in [0.5, 0.6) is 0 Å². The second kappa shape index (κ2) is 8.00. The topological polar surface area (TPSA) is 66.5 Å². The largest absolute Gasteiger partial charge is 0.351 e. The first kappa shape index (κ1) is 24.4. The van der Waals surface area contributed by atoms with Gasteiger partial charge in [0.2, 0.25) is 5.91 Å². The quantitative estimate of drug-likeness (QED) is 0.594. The van der Waals surface area contributed by atoms with Gasteiger partial charge in [-0.1, -0.05) is 55.4 Å². The molecular weight excluding hydrogens is 352 g/mol. The molecule has 0 aromatic rings. The SMILES string of the molecule is CC(C)C(C)(C)CC(C)(C)NC(=O)C(C)(C)CC(C)(C)CN1C(=O)C=CC1=O. The first-order valence-corrected chi connectivity index (χ1v) is 10.2. The average molecular weight is 393 g/mol. The minimum Gasteiger partial charge on any atom is -0.351 e. The fraction of sp³-hybridized carbons (Fsp3) is 0.783. The summed E-state index contributed by atoms with van der Waals surface area (Å²) in [6.45, 7) is 21.2. The highest BCUT2D eigenvalue weighted by Gasteiger charge is 2.40. The van der Waals surface area contributed by atoms with E-state index < -0.39 is 5.41 Å². The zero-order valence-electron chi connectivity index (χ0n) is 19.5. The van der Waals surface area contributed by atoms with E-state index in [-0.39, 0.29) is 34.1 Å². The molecule has 0 bridgehead atoms. The van der Waals surface area contributed by atoms with Crippen LogP contribution < -0.4 is 5.32 Å². The Labute approximate surface area is 171 Å². The van der Waals surface area contributed by atoms with Crippen molar-refractivity contribution in [2.75, 3.05) is 6.54 Å². The summed E-state index contributed by atoms with van der Waals surface area (Å²) >= 11 is 0. The summed E-state index contributed by atoms with van der Waals surface area (Å²) in [6.07, 6.45) is 4.04. The molecule has 1 rings (SSSR count). The molecule has 1 heterocycles. The lowest BCUT2D eigenvalue weighted by molar-refractivity contribution is -0.139. The van der Waals surface area contributed by atoms with Gasteiger partial charge in [0, 0.05) is 29.7 Å². The molecule has 3 amide bonds. The third-order valence-electron chi connectivity index (χ3n) is 5.93. The third-order valence-corrected chi connectivity index (χ3v) is 5.93. The highest BCUT2D eigenvalue weighted by Crippen LogP contribution is 2.38. The van der Waals surface area contributed by atoms with E-state index in [1.807, 2.05) is 27.7 Å². The van der Waals surface area contributed by atoms with Gasteiger partial charge in [0.1, 0.15) is 0 Å². The van der Waals surface area contributed by atoms with Crippen LogP contribution in [0.25, 0.3) is 0 Å². The van der Waals surface area contributed by atoms with Gasteiger partial charge in [-0.3, -0.25) is 19.3 Å². The number of nitrogens with one attached hydrogen (secondary N) is 1. The molecule has 0 unspecified atom stereocenters. The van der Waals surface area contributed by atoms with Crippen LogP contribution in [0.3, 0.4) is 0 Å². The van der Waals surface area contributed by atoms with Crippen LogP contribution in [0.15, 0.2) is 12.2 Å². The van der Waals surface area contributed by atoms with Crippen LogP contribution >= 0.6 is 0 Å². The molecule has 0 atom stereocenters. The maximum Gasteiger partial charge on any atom is 0.253 e. The molecule has 0 fully saturated rings. The standard InChI is InChI=1S/C23H40N2O3/c1-16(2)21(5,6)14-23(9,10)24-19(28)22(7,8)13-20(3,4)15-25-17(26)11-12-18(25)27/h11-12,16H,13-15H2,1-10H3,(H,24,28). The van der Waals surface area contributed by atoms with E-state index >= 15 is 0 Å². The van der Waals surface area contributed by atoms with Gasteiger partial charge in [-0.05, 0) is 43.4 Å². The summed E-state index contributed by atoms with van der Waals surface area (Å²) < 4.78 is 0. The summed E-state index contributed by atoms with van der Waals surface area (Å²) in [5, 5.41) is 3.24. The highest BCUT2D eigenvalue weighted by atomic mass is 16.2. The summed E-state index contributed by atoms with van der Waals surface area (Å²) in [5.41, 5.74) is -1.21. The van der Waals surface area contributed by atoms with E-state index in [1.54, 1.807) is 0 Å². The number of carbonyl (C=O) groups is 3. The Hall–Kier alpha value is -1.65. The van der Waals surface area contributed by atoms with Crippen LogP contribution in [-0.4, -0.2) is 34.7 Å². The summed E-state index contributed by atoms with van der Waals surface area (Å²) in [4.78, 5) is 38.1. The minimum atomic E-state index is -0.623. The monoisotopic (exact) mass is 392 g/mol. The lowest BCUT2D eigenvalue weighted by atomic mass is 9.71. The lowest BCUT2D eigenvalue weighted by Gasteiger charge is -2.41. The maximum atomic E-state index is 13.1. The van der Waals surface area contributed by atoms with E-state index in [1.165, 1.54) is 17.1 Å². The molecule has 5 nitrogen and oxygen atoms in total. The van der Waals surface area contributed by atoms with Crippen molar-refractivity contribution in [1.82, 2.24) is 10.2 Å². The van der Waals surface area contributed by atoms with E-state index in [4.69, 9.17) is 0 Å². The fourth-order valence-electron chi connectivity index (χ4n) is 4.21. The van der Waals surface area contributed by atoms with Crippen LogP contribution in [0.4, 0.5) is 0 Å². The Bertz CT molecular complexity index is 637. The van der Waals surface area contributed by atoms with Crippen LogP contribution in [0, 0.1) is 22.2 Å². The van der Waals surface area contributed by atoms with Crippen molar-refractivity contribution in [2.45, 2.75) is 87.6 Å². The molecule has 28 heavy (non-hydrogen) atoms. The average Bonchev–Trinajstić information content (AvgIpc) is 2.75. The molecule has 0 aromatic heterocycles. The Kier molecular flexibility index (Phi) is 6.97. The zero-order chi connectivity index (χ0) is 22.1. The fourth-order valence-corrected chi connectivity index (χ4v) is 4.21. The second-order valence-electron chi connectivity index (χ2n) is 11.5. The van der Waals surface area contributed by atoms with Crippen molar-refractivity contribution >= 4 is 17.7 Å². The van der Waals surface area contributed by atoms with Crippen molar-refractivity contribution in [2.24, 2.45) is 22.2 Å². The molecular formula is C23H40N2O3. The van der Waals surface area contributed by atoms with E-state index in [9.17, 15) is 14.4 Å². The molecule has 1 N–H and O–H groups in total. The molecule has 0 saturated carbocycles. The van der Waals surface area contributed by atoms with Crippen molar-refractivity contribution in [1.29, 1.82) is 0 Å². The van der Waals surface area contributed by atoms with Crippen molar-refractivity contribution < 1.29 is 14.4 Å². The molecule has 1 aliphatic rings. The number of amides is 3. The predicted octanol–water partition coefficient (Wildman–Crippen LogP) is 4.32. The number of carbonyl (C=O) groups excluding carboxylic acids is 3. The van der Waals surface area contributed by atoms with Gasteiger partial charge in [0.15, 0.2) is 0 Å². The van der Waals surface area contributed by atoms with E-state index in [0.29, 0.717) is 18.9 Å². The molecule has 0 aromatic carbocycles. The highest BCUT2D eigenvalue weighted by molar-refractivity contribution is 6.12. The lowest BCUT2D eigenvalue weighted by Crippen LogP contribution is -2.52. The van der Waals surface area contributed by atoms with Crippen LogP contribution in [0.2, 0.25) is 0 Å². The van der Waals surface area contributed by atoms with Gasteiger partial charge in [-0.15, -0.1) is 0 Å². The number of nitrogens with zero attached hydrogens (tertiary/aromatic N) is 1. The normalized spacial score (nSPS) is 16.3. The van der Waals surface area contributed by atoms with Gasteiger partial charge >= 0.3 is 0 Å². The number of hydrogen-bond acceptors (Lipinski definition) is 3. The molecule has 1 aliphatic heterocycles. The van der Waals surface area contributed by atoms with Crippen molar-refractivity contribution in [3.05, 3.63) is 12.2 Å². The molecule has 0 saturated heterocycles. The molecule has 0 aliphatic carbocycles. The Morgan fingerprint density at radius 3 is 1.82 bits per heavy atom. The van der Waals surface area contributed by atoms with Crippen molar-refractivity contribution in [3.8, 4) is 0 Å². The second-order valence-corrected chi connectivity index (χ2v) is 11.5. The van der Waals surface area contributed by atoms with Gasteiger partial charge in [-0.2, -0.15) is 0 Å². The Morgan fingerprint density at radius 2 is 1.39 bits per heavy atom. The first-order valence-electron chi connectivity index (χ1n) is 10.2. The van der Waals surface area contributed by atoms with Gasteiger partial charge in [-0.25, -0.2) is 0 Å². The molecule has 160 valence electrons. The smallest absolute Gasteiger partial charge is 0.253 e. The number of hydrogen-bond donors (Lipinski definition) is 1. The first-order chi connectivity index (χ1) is 12.4. The van der Waals surface area contributed by atoms with Crippen LogP contribution in [0.1, 0.15) is 82.1 Å². The third kappa shape index (κ3) is 6.46. The molecule has 0 radical (unpaired) electrons. The maximum absolute atomic E-state index is 13.1. The van der Waals surface area contributed by atoms with E-state index in [2.05, 4.69) is 46.9 Å². The van der Waals surface area contributed by atoms with Gasteiger partial charge < -0.3 is 5.32 Å². The Balaban J connectivity index is 2.80. The van der Waals surface area contributed by atoms with Gasteiger partial charge in [0.25, 0.3) is 11.8 Å². The van der Waals surface area contributed by atoms with Crippen LogP contribution in [-0.2, 0) is 14.4 Å². The number of imide groups is 1. The molecule has 5 heteroatoms. The summed E-state index contributed by atoms with van der Waals surface area (Å²) in [6, 6.07) is 0. The van der Waals surface area contributed by atoms with Crippen molar-refractivity contribution in [3.63, 3.8) is 0 Å². The summed E-state index contributed by atoms with van der Waals surface area (Å²) in [5.74, 6) is -0.0446. The minimum absolute atomic E-state index is 0.00216. The predicted molar refractivity (Wildman–Crippen MR) is 113 cm³/mol. The van der Waals surface area contributed by atoms with E-state index in [0.717, 1.165) is 6.42 Å².